The molecule has 150 valence electrons. The van der Waals surface area contributed by atoms with E-state index in [1.165, 1.54) is 19.4 Å². The summed E-state index contributed by atoms with van der Waals surface area (Å²) in [6, 6.07) is 5.65. The third-order valence-electron chi connectivity index (χ3n) is 4.99. The highest BCUT2D eigenvalue weighted by Gasteiger charge is 2.32. The maximum atomic E-state index is 10.4. The van der Waals surface area contributed by atoms with Crippen LogP contribution in [-0.4, -0.2) is 67.4 Å². The molecule has 3 atom stereocenters. The molecule has 8 heteroatoms. The highest BCUT2D eigenvalue weighted by Crippen LogP contribution is 2.24. The Morgan fingerprint density at radius 3 is 2.85 bits per heavy atom. The van der Waals surface area contributed by atoms with Crippen molar-refractivity contribution < 1.29 is 9.84 Å². The summed E-state index contributed by atoms with van der Waals surface area (Å²) in [5.41, 5.74) is 0.655. The molecule has 2 aliphatic rings. The molecule has 2 fully saturated rings. The normalized spacial score (nSPS) is 24.5. The number of aliphatic hydroxyl groups excluding tert-OH is 1. The van der Waals surface area contributed by atoms with Gasteiger partial charge in [0.2, 0.25) is 0 Å². The lowest BCUT2D eigenvalue weighted by molar-refractivity contribution is -0.0453. The Bertz CT molecular complexity index is 638. The predicted molar refractivity (Wildman–Crippen MR) is 110 cm³/mol. The quantitative estimate of drug-likeness (QED) is 0.492. The molecule has 27 heavy (non-hydrogen) atoms. The van der Waals surface area contributed by atoms with Crippen LogP contribution in [0.15, 0.2) is 23.2 Å². The van der Waals surface area contributed by atoms with Gasteiger partial charge < -0.3 is 20.5 Å². The van der Waals surface area contributed by atoms with Crippen LogP contribution < -0.4 is 10.6 Å². The SMILES string of the molecule is CCNC(=NCC(O)c1cc(Cl)cc(Cl)c1)NCC1CN2CCCC2CO1. The monoisotopic (exact) mass is 414 g/mol. The number of nitrogens with zero attached hydrogens (tertiary/aromatic N) is 2. The van der Waals surface area contributed by atoms with Gasteiger partial charge in [0, 0.05) is 35.7 Å². The first kappa shape index (κ1) is 20.7. The summed E-state index contributed by atoms with van der Waals surface area (Å²) < 4.78 is 5.98. The summed E-state index contributed by atoms with van der Waals surface area (Å²) in [5, 5.41) is 17.9. The van der Waals surface area contributed by atoms with Gasteiger partial charge in [0.1, 0.15) is 0 Å². The van der Waals surface area contributed by atoms with Crippen LogP contribution in [0.5, 0.6) is 0 Å². The number of fused-ring (bicyclic) bond motifs is 1. The molecule has 0 bridgehead atoms. The number of morpholine rings is 1. The van der Waals surface area contributed by atoms with Gasteiger partial charge in [-0.25, -0.2) is 0 Å². The predicted octanol–water partition coefficient (Wildman–Crippen LogP) is 2.45. The summed E-state index contributed by atoms with van der Waals surface area (Å²) in [6.45, 7) is 6.60. The molecular formula is C19H28Cl2N4O2. The molecule has 3 rings (SSSR count). The van der Waals surface area contributed by atoms with Gasteiger partial charge in [-0.2, -0.15) is 0 Å². The smallest absolute Gasteiger partial charge is 0.191 e. The van der Waals surface area contributed by atoms with Crippen LogP contribution in [0.1, 0.15) is 31.4 Å². The van der Waals surface area contributed by atoms with Crippen molar-refractivity contribution in [2.75, 3.05) is 39.3 Å². The molecule has 0 amide bonds. The molecule has 0 spiro atoms. The van der Waals surface area contributed by atoms with Crippen molar-refractivity contribution in [3.8, 4) is 0 Å². The number of guanidine groups is 1. The van der Waals surface area contributed by atoms with Gasteiger partial charge in [-0.05, 0) is 50.1 Å². The Balaban J connectivity index is 1.52. The molecule has 2 saturated heterocycles. The van der Waals surface area contributed by atoms with Gasteiger partial charge in [0.15, 0.2) is 5.96 Å². The van der Waals surface area contributed by atoms with Crippen LogP contribution >= 0.6 is 23.2 Å². The molecule has 2 heterocycles. The third kappa shape index (κ3) is 5.96. The minimum atomic E-state index is -0.770. The first-order valence-corrected chi connectivity index (χ1v) is 10.3. The summed E-state index contributed by atoms with van der Waals surface area (Å²) >= 11 is 12.0. The van der Waals surface area contributed by atoms with Crippen LogP contribution in [0, 0.1) is 0 Å². The number of hydrogen-bond donors (Lipinski definition) is 3. The number of nitrogens with one attached hydrogen (secondary N) is 2. The Morgan fingerprint density at radius 2 is 2.11 bits per heavy atom. The lowest BCUT2D eigenvalue weighted by Gasteiger charge is -2.35. The lowest BCUT2D eigenvalue weighted by atomic mass is 10.1. The van der Waals surface area contributed by atoms with E-state index in [4.69, 9.17) is 27.9 Å². The highest BCUT2D eigenvalue weighted by atomic mass is 35.5. The lowest BCUT2D eigenvalue weighted by Crippen LogP contribution is -2.51. The fourth-order valence-corrected chi connectivity index (χ4v) is 4.16. The molecule has 6 nitrogen and oxygen atoms in total. The van der Waals surface area contributed by atoms with E-state index in [0.29, 0.717) is 34.2 Å². The Hall–Kier alpha value is -1.05. The van der Waals surface area contributed by atoms with E-state index < -0.39 is 6.10 Å². The third-order valence-corrected chi connectivity index (χ3v) is 5.43. The van der Waals surface area contributed by atoms with Gasteiger partial charge in [-0.3, -0.25) is 9.89 Å². The van der Waals surface area contributed by atoms with Gasteiger partial charge in [0.05, 0.1) is 25.4 Å². The van der Waals surface area contributed by atoms with Crippen LogP contribution in [-0.2, 0) is 4.74 Å². The van der Waals surface area contributed by atoms with Crippen molar-refractivity contribution >= 4 is 29.2 Å². The fraction of sp³-hybridized carbons (Fsp3) is 0.632. The van der Waals surface area contributed by atoms with Gasteiger partial charge in [-0.1, -0.05) is 23.2 Å². The van der Waals surface area contributed by atoms with Crippen molar-refractivity contribution in [2.24, 2.45) is 4.99 Å². The topological polar surface area (TPSA) is 69.1 Å². The molecular weight excluding hydrogens is 387 g/mol. The van der Waals surface area contributed by atoms with Crippen LogP contribution in [0.4, 0.5) is 0 Å². The van der Waals surface area contributed by atoms with Crippen molar-refractivity contribution in [2.45, 2.75) is 38.0 Å². The Kier molecular flexibility index (Phi) is 7.61. The molecule has 0 aliphatic carbocycles. The maximum absolute atomic E-state index is 10.4. The molecule has 0 saturated carbocycles. The zero-order chi connectivity index (χ0) is 19.2. The van der Waals surface area contributed by atoms with E-state index in [-0.39, 0.29) is 12.6 Å². The Morgan fingerprint density at radius 1 is 1.33 bits per heavy atom. The van der Waals surface area contributed by atoms with Crippen molar-refractivity contribution in [3.05, 3.63) is 33.8 Å². The second kappa shape index (κ2) is 9.94. The van der Waals surface area contributed by atoms with E-state index in [1.54, 1.807) is 18.2 Å². The molecule has 0 aromatic heterocycles. The number of halogens is 2. The molecule has 0 radical (unpaired) electrons. The highest BCUT2D eigenvalue weighted by molar-refractivity contribution is 6.34. The number of hydrogen-bond acceptors (Lipinski definition) is 4. The average Bonchev–Trinajstić information content (AvgIpc) is 3.10. The standard InChI is InChI=1S/C19H28Cl2N4O2/c1-2-22-19(23-9-17-11-25-5-3-4-16(25)12-27-17)24-10-18(26)13-6-14(20)8-15(21)7-13/h6-8,16-18,26H,2-5,9-12H2,1H3,(H2,22,23,24). The molecule has 1 aromatic carbocycles. The summed E-state index contributed by atoms with van der Waals surface area (Å²) in [5.74, 6) is 0.664. The zero-order valence-electron chi connectivity index (χ0n) is 15.6. The number of ether oxygens (including phenoxy) is 1. The van der Waals surface area contributed by atoms with E-state index in [2.05, 4.69) is 20.5 Å². The first-order chi connectivity index (χ1) is 13.0. The second-order valence-electron chi connectivity index (χ2n) is 7.07. The molecule has 2 aliphatic heterocycles. The number of aliphatic hydroxyl groups is 1. The minimum Gasteiger partial charge on any atom is -0.386 e. The first-order valence-electron chi connectivity index (χ1n) is 9.57. The maximum Gasteiger partial charge on any atom is 0.191 e. The van der Waals surface area contributed by atoms with Gasteiger partial charge >= 0.3 is 0 Å². The number of aliphatic imine (C=N–C) groups is 1. The van der Waals surface area contributed by atoms with Crippen molar-refractivity contribution in [1.29, 1.82) is 0 Å². The second-order valence-corrected chi connectivity index (χ2v) is 7.94. The van der Waals surface area contributed by atoms with Gasteiger partial charge in [0.25, 0.3) is 0 Å². The van der Waals surface area contributed by atoms with E-state index in [9.17, 15) is 5.11 Å². The summed E-state index contributed by atoms with van der Waals surface area (Å²) in [4.78, 5) is 7.01. The largest absolute Gasteiger partial charge is 0.386 e. The van der Waals surface area contributed by atoms with E-state index >= 15 is 0 Å². The van der Waals surface area contributed by atoms with Crippen LogP contribution in [0.25, 0.3) is 0 Å². The summed E-state index contributed by atoms with van der Waals surface area (Å²) in [7, 11) is 0. The minimum absolute atomic E-state index is 0.153. The average molecular weight is 415 g/mol. The zero-order valence-corrected chi connectivity index (χ0v) is 17.1. The van der Waals surface area contributed by atoms with E-state index in [1.807, 2.05) is 6.92 Å². The molecule has 1 aromatic rings. The Labute approximate surface area is 170 Å². The van der Waals surface area contributed by atoms with Crippen LogP contribution in [0.3, 0.4) is 0 Å². The number of benzene rings is 1. The summed E-state index contributed by atoms with van der Waals surface area (Å²) in [6.07, 6.45) is 1.90. The number of rotatable bonds is 6. The fourth-order valence-electron chi connectivity index (χ4n) is 3.61. The van der Waals surface area contributed by atoms with Crippen molar-refractivity contribution in [3.63, 3.8) is 0 Å². The van der Waals surface area contributed by atoms with Crippen LogP contribution in [0.2, 0.25) is 10.0 Å². The van der Waals surface area contributed by atoms with Gasteiger partial charge in [-0.15, -0.1) is 0 Å². The van der Waals surface area contributed by atoms with E-state index in [0.717, 1.165) is 19.7 Å². The van der Waals surface area contributed by atoms with Crippen molar-refractivity contribution in [1.82, 2.24) is 15.5 Å². The molecule has 3 N–H and O–H groups in total. The molecule has 3 unspecified atom stereocenters.